The number of carboxylic acid groups (broad SMARTS) is 1. The van der Waals surface area contributed by atoms with E-state index in [0.29, 0.717) is 26.1 Å². The first-order valence-electron chi connectivity index (χ1n) is 11.2. The minimum absolute atomic E-state index is 0.190. The number of hydrogen-bond acceptors (Lipinski definition) is 3. The molecule has 1 saturated carbocycles. The largest absolute Gasteiger partial charge is 0.481 e. The van der Waals surface area contributed by atoms with Gasteiger partial charge in [-0.2, -0.15) is 0 Å². The van der Waals surface area contributed by atoms with Crippen molar-refractivity contribution in [2.75, 3.05) is 19.7 Å². The van der Waals surface area contributed by atoms with Crippen molar-refractivity contribution in [3.8, 4) is 0 Å². The van der Waals surface area contributed by atoms with Crippen LogP contribution in [0, 0.1) is 18.8 Å². The molecule has 5 nitrogen and oxygen atoms in total. The summed E-state index contributed by atoms with van der Waals surface area (Å²) >= 11 is 0. The zero-order valence-electron chi connectivity index (χ0n) is 17.4. The number of carbonyl (C=O) groups is 2. The molecule has 4 rings (SSSR count). The number of ether oxygens (including phenoxy) is 1. The molecule has 2 aliphatic heterocycles. The number of piperidine rings is 1. The Kier molecular flexibility index (Phi) is 5.95. The molecule has 2 atom stereocenters. The van der Waals surface area contributed by atoms with E-state index in [1.807, 2.05) is 0 Å². The molecule has 1 N–H and O–H groups in total. The number of hydrogen-bond donors (Lipinski definition) is 1. The van der Waals surface area contributed by atoms with Crippen LogP contribution in [0.2, 0.25) is 0 Å². The molecule has 3 aliphatic rings. The lowest BCUT2D eigenvalue weighted by Gasteiger charge is -2.43. The van der Waals surface area contributed by atoms with Crippen LogP contribution >= 0.6 is 0 Å². The van der Waals surface area contributed by atoms with Crippen molar-refractivity contribution in [1.82, 2.24) is 4.90 Å². The first-order chi connectivity index (χ1) is 14.0. The third-order valence-corrected chi connectivity index (χ3v) is 7.43. The summed E-state index contributed by atoms with van der Waals surface area (Å²) in [6.45, 7) is 4.06. The van der Waals surface area contributed by atoms with Crippen LogP contribution in [0.4, 0.5) is 0 Å². The molecular formula is C24H33NO4. The third-order valence-electron chi connectivity index (χ3n) is 7.43. The van der Waals surface area contributed by atoms with Crippen LogP contribution in [0.15, 0.2) is 24.3 Å². The Balaban J connectivity index is 1.48. The van der Waals surface area contributed by atoms with E-state index in [-0.39, 0.29) is 29.3 Å². The van der Waals surface area contributed by atoms with E-state index in [9.17, 15) is 14.7 Å². The quantitative estimate of drug-likeness (QED) is 0.833. The summed E-state index contributed by atoms with van der Waals surface area (Å²) in [5.41, 5.74) is 2.00. The van der Waals surface area contributed by atoms with Crippen molar-refractivity contribution in [3.05, 3.63) is 35.4 Å². The van der Waals surface area contributed by atoms with Crippen molar-refractivity contribution in [2.45, 2.75) is 69.8 Å². The Hall–Kier alpha value is -1.88. The van der Waals surface area contributed by atoms with Crippen molar-refractivity contribution in [3.63, 3.8) is 0 Å². The van der Waals surface area contributed by atoms with E-state index in [4.69, 9.17) is 4.74 Å². The summed E-state index contributed by atoms with van der Waals surface area (Å²) in [6, 6.07) is 8.49. The molecule has 0 bridgehead atoms. The molecule has 5 heteroatoms. The predicted octanol–water partition coefficient (Wildman–Crippen LogP) is 3.93. The second-order valence-electron chi connectivity index (χ2n) is 9.21. The normalized spacial score (nSPS) is 27.7. The maximum atomic E-state index is 13.8. The minimum atomic E-state index is -0.744. The fourth-order valence-electron chi connectivity index (χ4n) is 5.80. The monoisotopic (exact) mass is 399 g/mol. The summed E-state index contributed by atoms with van der Waals surface area (Å²) in [5, 5.41) is 9.46. The zero-order chi connectivity index (χ0) is 20.4. The maximum Gasteiger partial charge on any atom is 0.309 e. The number of carboxylic acids is 1. The number of aliphatic carboxylic acids is 1. The molecule has 1 aromatic carbocycles. The van der Waals surface area contributed by atoms with Gasteiger partial charge in [0.25, 0.3) is 0 Å². The lowest BCUT2D eigenvalue weighted by molar-refractivity contribution is -0.147. The van der Waals surface area contributed by atoms with E-state index in [0.717, 1.165) is 38.5 Å². The minimum Gasteiger partial charge on any atom is -0.481 e. The van der Waals surface area contributed by atoms with Gasteiger partial charge < -0.3 is 14.7 Å². The summed E-state index contributed by atoms with van der Waals surface area (Å²) in [7, 11) is 0. The van der Waals surface area contributed by atoms with Crippen LogP contribution in [0.3, 0.4) is 0 Å². The van der Waals surface area contributed by atoms with Crippen LogP contribution < -0.4 is 0 Å². The molecule has 158 valence electrons. The predicted molar refractivity (Wildman–Crippen MR) is 111 cm³/mol. The first-order valence-corrected chi connectivity index (χ1v) is 11.2. The van der Waals surface area contributed by atoms with Crippen LogP contribution in [0.25, 0.3) is 0 Å². The maximum absolute atomic E-state index is 13.8. The molecular weight excluding hydrogens is 366 g/mol. The van der Waals surface area contributed by atoms with Gasteiger partial charge in [0.15, 0.2) is 0 Å². The van der Waals surface area contributed by atoms with Gasteiger partial charge >= 0.3 is 5.97 Å². The van der Waals surface area contributed by atoms with Gasteiger partial charge in [-0.15, -0.1) is 0 Å². The van der Waals surface area contributed by atoms with Gasteiger partial charge in [0, 0.05) is 19.7 Å². The molecule has 2 heterocycles. The second-order valence-corrected chi connectivity index (χ2v) is 9.21. The van der Waals surface area contributed by atoms with Gasteiger partial charge in [0.05, 0.1) is 17.4 Å². The van der Waals surface area contributed by atoms with Crippen LogP contribution in [0.5, 0.6) is 0 Å². The van der Waals surface area contributed by atoms with E-state index in [1.54, 1.807) is 0 Å². The van der Waals surface area contributed by atoms with Crippen LogP contribution in [-0.4, -0.2) is 47.7 Å². The SMILES string of the molecule is Cc1cccc(C2(C(=O)N3CCC([C@@H]4OCCC4C(=O)O)CC3)CCCCC2)c1. The Morgan fingerprint density at radius 2 is 1.83 bits per heavy atom. The Morgan fingerprint density at radius 3 is 2.48 bits per heavy atom. The van der Waals surface area contributed by atoms with Crippen molar-refractivity contribution >= 4 is 11.9 Å². The van der Waals surface area contributed by atoms with Gasteiger partial charge in [-0.1, -0.05) is 49.1 Å². The smallest absolute Gasteiger partial charge is 0.309 e. The third kappa shape index (κ3) is 3.94. The summed E-state index contributed by atoms with van der Waals surface area (Å²) in [6.07, 6.45) is 7.37. The lowest BCUT2D eigenvalue weighted by Crippen LogP contribution is -2.51. The summed E-state index contributed by atoms with van der Waals surface area (Å²) < 4.78 is 5.80. The highest BCUT2D eigenvalue weighted by Crippen LogP contribution is 2.42. The Labute approximate surface area is 173 Å². The van der Waals surface area contributed by atoms with Gasteiger partial charge in [-0.3, -0.25) is 9.59 Å². The Morgan fingerprint density at radius 1 is 1.10 bits per heavy atom. The molecule has 1 unspecified atom stereocenters. The standard InChI is InChI=1S/C24H33NO4/c1-17-6-5-7-19(16-17)24(11-3-2-4-12-24)23(28)25-13-8-18(9-14-25)21-20(22(26)27)10-15-29-21/h5-7,16,18,20-21H,2-4,8-15H2,1H3,(H,26,27)/t20?,21-/m0/s1. The molecule has 1 aromatic rings. The molecule has 1 amide bonds. The highest BCUT2D eigenvalue weighted by Gasteiger charge is 2.46. The Bertz CT molecular complexity index is 747. The molecule has 2 saturated heterocycles. The van der Waals surface area contributed by atoms with Crippen LogP contribution in [0.1, 0.15) is 62.5 Å². The fraction of sp³-hybridized carbons (Fsp3) is 0.667. The summed E-state index contributed by atoms with van der Waals surface area (Å²) in [4.78, 5) is 27.4. The van der Waals surface area contributed by atoms with Gasteiger partial charge in [0.1, 0.15) is 0 Å². The highest BCUT2D eigenvalue weighted by molar-refractivity contribution is 5.88. The zero-order valence-corrected chi connectivity index (χ0v) is 17.4. The van der Waals surface area contributed by atoms with E-state index >= 15 is 0 Å². The average molecular weight is 400 g/mol. The topological polar surface area (TPSA) is 66.8 Å². The van der Waals surface area contributed by atoms with Crippen molar-refractivity contribution in [1.29, 1.82) is 0 Å². The number of likely N-dealkylation sites (tertiary alicyclic amines) is 1. The van der Waals surface area contributed by atoms with E-state index < -0.39 is 5.97 Å². The van der Waals surface area contributed by atoms with Gasteiger partial charge in [-0.25, -0.2) is 0 Å². The number of nitrogens with zero attached hydrogens (tertiary/aromatic N) is 1. The molecule has 1 aliphatic carbocycles. The van der Waals surface area contributed by atoms with E-state index in [1.165, 1.54) is 17.5 Å². The van der Waals surface area contributed by atoms with Crippen LogP contribution in [-0.2, 0) is 19.7 Å². The number of aryl methyl sites for hydroxylation is 1. The molecule has 0 radical (unpaired) electrons. The number of benzene rings is 1. The van der Waals surface area contributed by atoms with Gasteiger partial charge in [0.2, 0.25) is 5.91 Å². The van der Waals surface area contributed by atoms with Crippen molar-refractivity contribution < 1.29 is 19.4 Å². The second kappa shape index (κ2) is 8.47. The average Bonchev–Trinajstić information content (AvgIpc) is 3.24. The molecule has 3 fully saturated rings. The number of amides is 1. The highest BCUT2D eigenvalue weighted by atomic mass is 16.5. The molecule has 29 heavy (non-hydrogen) atoms. The number of rotatable bonds is 4. The lowest BCUT2D eigenvalue weighted by atomic mass is 9.68. The fourth-order valence-corrected chi connectivity index (χ4v) is 5.80. The van der Waals surface area contributed by atoms with Crippen molar-refractivity contribution in [2.24, 2.45) is 11.8 Å². The number of carbonyl (C=O) groups excluding carboxylic acids is 1. The van der Waals surface area contributed by atoms with Gasteiger partial charge in [-0.05, 0) is 50.5 Å². The van der Waals surface area contributed by atoms with E-state index in [2.05, 4.69) is 36.1 Å². The molecule has 0 spiro atoms. The summed E-state index contributed by atoms with van der Waals surface area (Å²) in [5.74, 6) is -0.613. The molecule has 0 aromatic heterocycles. The first kappa shape index (κ1) is 20.4.